The molecule has 0 saturated carbocycles. The van der Waals surface area contributed by atoms with Gasteiger partial charge in [-0.3, -0.25) is 9.97 Å². The monoisotopic (exact) mass is 516 g/mol. The third kappa shape index (κ3) is 2.76. The zero-order chi connectivity index (χ0) is 26.4. The summed E-state index contributed by atoms with van der Waals surface area (Å²) in [6.07, 6.45) is 9.01. The maximum absolute atomic E-state index is 6.68. The molecular formula is C35H24N4O. The fourth-order valence-corrected chi connectivity index (χ4v) is 6.87. The van der Waals surface area contributed by atoms with Crippen LogP contribution in [0.25, 0.3) is 66.6 Å². The van der Waals surface area contributed by atoms with Crippen molar-refractivity contribution in [1.29, 1.82) is 0 Å². The summed E-state index contributed by atoms with van der Waals surface area (Å²) in [4.78, 5) is 9.49. The van der Waals surface area contributed by atoms with E-state index in [9.17, 15) is 0 Å². The van der Waals surface area contributed by atoms with Gasteiger partial charge in [0.25, 0.3) is 0 Å². The van der Waals surface area contributed by atoms with Gasteiger partial charge in [-0.05, 0) is 55.5 Å². The molecule has 190 valence electrons. The van der Waals surface area contributed by atoms with Crippen LogP contribution in [0.4, 0.5) is 0 Å². The van der Waals surface area contributed by atoms with Gasteiger partial charge in [-0.2, -0.15) is 0 Å². The number of furan rings is 1. The van der Waals surface area contributed by atoms with E-state index >= 15 is 0 Å². The molecule has 5 aromatic heterocycles. The maximum Gasteiger partial charge on any atom is 0.159 e. The van der Waals surface area contributed by atoms with Crippen LogP contribution < -0.4 is 0 Å². The molecule has 0 fully saturated rings. The molecule has 0 aliphatic heterocycles. The van der Waals surface area contributed by atoms with E-state index in [1.165, 1.54) is 16.5 Å². The molecule has 5 nitrogen and oxygen atoms in total. The van der Waals surface area contributed by atoms with Crippen molar-refractivity contribution in [3.8, 4) is 5.69 Å². The zero-order valence-electron chi connectivity index (χ0n) is 21.9. The second-order valence-electron chi connectivity index (χ2n) is 10.9. The maximum atomic E-state index is 6.68. The van der Waals surface area contributed by atoms with Crippen molar-refractivity contribution < 1.29 is 4.42 Å². The van der Waals surface area contributed by atoms with Gasteiger partial charge in [0.05, 0.1) is 44.3 Å². The normalized spacial score (nSPS) is 17.0. The second-order valence-corrected chi connectivity index (χ2v) is 10.9. The van der Waals surface area contributed by atoms with E-state index < -0.39 is 0 Å². The molecule has 0 saturated heterocycles. The van der Waals surface area contributed by atoms with Gasteiger partial charge in [0.2, 0.25) is 0 Å². The van der Waals surface area contributed by atoms with Crippen LogP contribution in [0.15, 0.2) is 114 Å². The Morgan fingerprint density at radius 3 is 2.15 bits per heavy atom. The lowest BCUT2D eigenvalue weighted by atomic mass is 9.86. The highest BCUT2D eigenvalue weighted by Gasteiger charge is 2.34. The van der Waals surface area contributed by atoms with Crippen LogP contribution in [0.2, 0.25) is 0 Å². The predicted octanol–water partition coefficient (Wildman–Crippen LogP) is 8.41. The third-order valence-corrected chi connectivity index (χ3v) is 8.56. The number of fused-ring (bicyclic) bond motifs is 9. The van der Waals surface area contributed by atoms with Crippen molar-refractivity contribution in [2.45, 2.75) is 18.9 Å². The molecule has 1 atom stereocenters. The van der Waals surface area contributed by atoms with E-state index in [4.69, 9.17) is 14.4 Å². The van der Waals surface area contributed by atoms with Crippen LogP contribution in [-0.2, 0) is 12.0 Å². The summed E-state index contributed by atoms with van der Waals surface area (Å²) in [6, 6.07) is 31.9. The van der Waals surface area contributed by atoms with E-state index in [1.54, 1.807) is 0 Å². The summed E-state index contributed by atoms with van der Waals surface area (Å²) in [5, 5.41) is 3.47. The number of nitrogens with zero attached hydrogens (tertiary/aromatic N) is 4. The van der Waals surface area contributed by atoms with Crippen LogP contribution in [-0.4, -0.2) is 19.1 Å². The van der Waals surface area contributed by atoms with Crippen molar-refractivity contribution in [2.75, 3.05) is 0 Å². The first-order valence-corrected chi connectivity index (χ1v) is 13.6. The smallest absolute Gasteiger partial charge is 0.159 e. The molecule has 1 aliphatic carbocycles. The Labute approximate surface area is 229 Å². The fraction of sp³-hybridized carbons (Fsp3) is 0.0857. The molecule has 8 aromatic rings. The molecule has 1 unspecified atom stereocenters. The first-order valence-electron chi connectivity index (χ1n) is 13.6. The number of hydrogen-bond donors (Lipinski definition) is 0. The molecule has 0 N–H and O–H groups in total. The van der Waals surface area contributed by atoms with Gasteiger partial charge in [-0.15, -0.1) is 0 Å². The lowest BCUT2D eigenvalue weighted by molar-refractivity contribution is 0.424. The average molecular weight is 517 g/mol. The number of pyridine rings is 2. The van der Waals surface area contributed by atoms with Crippen molar-refractivity contribution >= 4 is 60.9 Å². The molecule has 0 bridgehead atoms. The average Bonchev–Trinajstić information content (AvgIpc) is 3.65. The lowest BCUT2D eigenvalue weighted by Gasteiger charge is -2.32. The molecule has 5 heterocycles. The molecule has 5 heteroatoms. The number of aromatic nitrogens is 4. The van der Waals surface area contributed by atoms with Gasteiger partial charge in [0.1, 0.15) is 5.76 Å². The van der Waals surface area contributed by atoms with Crippen LogP contribution in [0, 0.1) is 0 Å². The van der Waals surface area contributed by atoms with Crippen molar-refractivity contribution in [1.82, 2.24) is 19.1 Å². The van der Waals surface area contributed by atoms with Gasteiger partial charge in [-0.1, -0.05) is 54.6 Å². The topological polar surface area (TPSA) is 48.8 Å². The number of hydrogen-bond acceptors (Lipinski definition) is 3. The Kier molecular flexibility index (Phi) is 4.19. The summed E-state index contributed by atoms with van der Waals surface area (Å²) in [5.41, 5.74) is 9.44. The summed E-state index contributed by atoms with van der Waals surface area (Å²) in [6.45, 7) is 2.31. The van der Waals surface area contributed by atoms with Gasteiger partial charge in [0, 0.05) is 40.5 Å². The van der Waals surface area contributed by atoms with Gasteiger partial charge >= 0.3 is 0 Å². The minimum Gasteiger partial charge on any atom is -0.454 e. The van der Waals surface area contributed by atoms with E-state index in [1.807, 2.05) is 24.5 Å². The summed E-state index contributed by atoms with van der Waals surface area (Å²) < 4.78 is 11.4. The Morgan fingerprint density at radius 1 is 0.675 bits per heavy atom. The van der Waals surface area contributed by atoms with Crippen LogP contribution in [0.3, 0.4) is 0 Å². The van der Waals surface area contributed by atoms with Crippen LogP contribution >= 0.6 is 0 Å². The van der Waals surface area contributed by atoms with E-state index in [2.05, 4.69) is 107 Å². The Balaban J connectivity index is 1.28. The predicted molar refractivity (Wildman–Crippen MR) is 162 cm³/mol. The van der Waals surface area contributed by atoms with Crippen molar-refractivity contribution in [3.05, 3.63) is 121 Å². The lowest BCUT2D eigenvalue weighted by Crippen LogP contribution is -2.32. The summed E-state index contributed by atoms with van der Waals surface area (Å²) in [7, 11) is 0. The Bertz CT molecular complexity index is 2230. The zero-order valence-corrected chi connectivity index (χ0v) is 21.9. The SMILES string of the molecule is CC1(n2c3ccccc3c3ncccc32)C=Cc2oc3c(-n4c5ccccc5c5ncccc54)cccc3c2C1. The first kappa shape index (κ1) is 21.7. The highest BCUT2D eigenvalue weighted by Crippen LogP contribution is 2.43. The Morgan fingerprint density at radius 2 is 1.32 bits per heavy atom. The molecule has 0 spiro atoms. The second kappa shape index (κ2) is 7.70. The van der Waals surface area contributed by atoms with Crippen LogP contribution in [0.1, 0.15) is 18.2 Å². The van der Waals surface area contributed by atoms with Gasteiger partial charge in [0.15, 0.2) is 5.58 Å². The minimum atomic E-state index is -0.291. The van der Waals surface area contributed by atoms with E-state index in [0.717, 1.165) is 61.8 Å². The molecule has 1 aliphatic rings. The molecular weight excluding hydrogens is 492 g/mol. The molecule has 3 aromatic carbocycles. The molecule has 9 rings (SSSR count). The van der Waals surface area contributed by atoms with E-state index in [0.29, 0.717) is 0 Å². The quantitative estimate of drug-likeness (QED) is 0.232. The number of allylic oxidation sites excluding steroid dienone is 1. The van der Waals surface area contributed by atoms with Crippen molar-refractivity contribution in [2.24, 2.45) is 0 Å². The fourth-order valence-electron chi connectivity index (χ4n) is 6.87. The summed E-state index contributed by atoms with van der Waals surface area (Å²) >= 11 is 0. The number of rotatable bonds is 2. The highest BCUT2D eigenvalue weighted by molar-refractivity contribution is 6.09. The highest BCUT2D eigenvalue weighted by atomic mass is 16.3. The summed E-state index contributed by atoms with van der Waals surface area (Å²) in [5.74, 6) is 0.928. The van der Waals surface area contributed by atoms with E-state index in [-0.39, 0.29) is 5.54 Å². The third-order valence-electron chi connectivity index (χ3n) is 8.56. The minimum absolute atomic E-state index is 0.291. The first-order chi connectivity index (χ1) is 19.7. The number of benzene rings is 3. The molecule has 0 radical (unpaired) electrons. The Hall–Kier alpha value is -5.16. The van der Waals surface area contributed by atoms with Crippen molar-refractivity contribution in [3.63, 3.8) is 0 Å². The molecule has 40 heavy (non-hydrogen) atoms. The molecule has 0 amide bonds. The standard InChI is InChI=1S/C35H24N4O/c1-35(39-27-13-5-3-10-24(27)33-29(39)16-8-20-37-33)18-17-31-25(21-35)22-11-6-14-30(34(22)40-31)38-26-12-4-2-9-23(26)32-28(38)15-7-19-36-32/h2-20H,21H2,1H3. The van der Waals surface area contributed by atoms with Gasteiger partial charge in [-0.25, -0.2) is 0 Å². The number of para-hydroxylation sites is 3. The largest absolute Gasteiger partial charge is 0.454 e. The van der Waals surface area contributed by atoms with Gasteiger partial charge < -0.3 is 13.6 Å². The van der Waals surface area contributed by atoms with Crippen LogP contribution in [0.5, 0.6) is 0 Å².